The molecule has 6 nitrogen and oxygen atoms in total. The third-order valence-corrected chi connectivity index (χ3v) is 6.11. The fourth-order valence-corrected chi connectivity index (χ4v) is 4.79. The zero-order valence-electron chi connectivity index (χ0n) is 16.8. The molecule has 2 N–H and O–H groups in total. The Morgan fingerprint density at radius 1 is 1.04 bits per heavy atom. The lowest BCUT2D eigenvalue weighted by Crippen LogP contribution is -3.18. The van der Waals surface area contributed by atoms with Gasteiger partial charge < -0.3 is 24.4 Å². The number of carbonyl (C=O) groups is 1. The molecule has 2 fully saturated rings. The highest BCUT2D eigenvalue weighted by molar-refractivity contribution is 5.76. The van der Waals surface area contributed by atoms with Gasteiger partial charge in [0.1, 0.15) is 0 Å². The molecule has 150 valence electrons. The van der Waals surface area contributed by atoms with Gasteiger partial charge in [-0.05, 0) is 49.8 Å². The molecular formula is C21H33N2O4+. The minimum atomic E-state index is 0.116. The van der Waals surface area contributed by atoms with E-state index < -0.39 is 0 Å². The first kappa shape index (κ1) is 19.8. The molecular weight excluding hydrogens is 344 g/mol. The van der Waals surface area contributed by atoms with Crippen molar-refractivity contribution in [1.29, 1.82) is 0 Å². The second-order valence-electron chi connectivity index (χ2n) is 7.69. The summed E-state index contributed by atoms with van der Waals surface area (Å²) in [6.07, 6.45) is 7.90. The van der Waals surface area contributed by atoms with Crippen molar-refractivity contribution < 1.29 is 23.9 Å². The number of ether oxygens (including phenoxy) is 3. The van der Waals surface area contributed by atoms with E-state index in [2.05, 4.69) is 5.32 Å². The molecule has 1 heterocycles. The van der Waals surface area contributed by atoms with Crippen LogP contribution in [0.4, 0.5) is 0 Å². The molecule has 3 rings (SSSR count). The van der Waals surface area contributed by atoms with E-state index in [0.717, 1.165) is 18.0 Å². The second kappa shape index (κ2) is 9.31. The Morgan fingerprint density at radius 3 is 2.37 bits per heavy atom. The van der Waals surface area contributed by atoms with Gasteiger partial charge >= 0.3 is 0 Å². The fourth-order valence-electron chi connectivity index (χ4n) is 4.79. The predicted molar refractivity (Wildman–Crippen MR) is 104 cm³/mol. The lowest BCUT2D eigenvalue weighted by atomic mass is 9.78. The quantitative estimate of drug-likeness (QED) is 0.757. The highest BCUT2D eigenvalue weighted by Crippen LogP contribution is 2.38. The van der Waals surface area contributed by atoms with E-state index in [0.29, 0.717) is 36.4 Å². The molecule has 1 aromatic rings. The van der Waals surface area contributed by atoms with E-state index in [1.54, 1.807) is 21.3 Å². The van der Waals surface area contributed by atoms with Gasteiger partial charge in [0.2, 0.25) is 5.75 Å². The number of hydrogen-bond donors (Lipinski definition) is 2. The Kier molecular flexibility index (Phi) is 6.83. The maximum absolute atomic E-state index is 12.6. The van der Waals surface area contributed by atoms with E-state index >= 15 is 0 Å². The number of rotatable bonds is 7. The van der Waals surface area contributed by atoms with Crippen LogP contribution < -0.4 is 24.4 Å². The molecule has 6 heteroatoms. The molecule has 1 aliphatic carbocycles. The van der Waals surface area contributed by atoms with Crippen molar-refractivity contribution in [2.75, 3.05) is 34.4 Å². The van der Waals surface area contributed by atoms with Crippen LogP contribution in [0.25, 0.3) is 0 Å². The summed E-state index contributed by atoms with van der Waals surface area (Å²) in [6, 6.07) is 4.44. The third-order valence-electron chi connectivity index (χ3n) is 6.11. The topological polar surface area (TPSA) is 61.2 Å². The summed E-state index contributed by atoms with van der Waals surface area (Å²) in [5.41, 5.74) is 0.932. The molecule has 2 aliphatic rings. The average Bonchev–Trinajstić information content (AvgIpc) is 2.71. The summed E-state index contributed by atoms with van der Waals surface area (Å²) in [4.78, 5) is 14.1. The zero-order valence-corrected chi connectivity index (χ0v) is 16.8. The summed E-state index contributed by atoms with van der Waals surface area (Å²) < 4.78 is 16.1. The van der Waals surface area contributed by atoms with Crippen LogP contribution >= 0.6 is 0 Å². The lowest BCUT2D eigenvalue weighted by Gasteiger charge is -2.40. The molecule has 1 unspecified atom stereocenters. The van der Waals surface area contributed by atoms with Gasteiger partial charge in [-0.15, -0.1) is 0 Å². The molecule has 1 aromatic carbocycles. The number of carbonyl (C=O) groups excluding carboxylic acids is 1. The summed E-state index contributed by atoms with van der Waals surface area (Å²) in [6.45, 7) is 2.15. The van der Waals surface area contributed by atoms with E-state index in [1.807, 2.05) is 12.1 Å². The summed E-state index contributed by atoms with van der Waals surface area (Å²) in [7, 11) is 4.78. The van der Waals surface area contributed by atoms with Crippen LogP contribution in [0.15, 0.2) is 12.1 Å². The smallest absolute Gasteiger partial charge is 0.275 e. The minimum absolute atomic E-state index is 0.116. The van der Waals surface area contributed by atoms with Crippen molar-refractivity contribution in [1.82, 2.24) is 5.32 Å². The number of hydrogen-bond acceptors (Lipinski definition) is 4. The standard InChI is InChI=1S/C21H32N2O4/c1-25-18-11-15(12-19(26-2)21(18)27-3)13-22-20(24)14-23-10-6-8-16-7-4-5-9-17(16)23/h11-12,16-17H,4-10,13-14H2,1-3H3,(H,22,24)/p+1/t16-,17-/m0/s1. The SMILES string of the molecule is COc1cc(CNC(=O)C[NH+]2CCC[C@@H]3CCCC[C@@H]32)cc(OC)c1OC. The maximum atomic E-state index is 12.6. The molecule has 27 heavy (non-hydrogen) atoms. The number of nitrogens with one attached hydrogen (secondary N) is 2. The van der Waals surface area contributed by atoms with Crippen LogP contribution in [-0.4, -0.2) is 46.4 Å². The van der Waals surface area contributed by atoms with E-state index in [4.69, 9.17) is 14.2 Å². The summed E-state index contributed by atoms with van der Waals surface area (Å²) >= 11 is 0. The second-order valence-corrected chi connectivity index (χ2v) is 7.69. The van der Waals surface area contributed by atoms with Gasteiger partial charge in [0.25, 0.3) is 5.91 Å². The number of fused-ring (bicyclic) bond motifs is 1. The van der Waals surface area contributed by atoms with Crippen molar-refractivity contribution >= 4 is 5.91 Å². The number of amides is 1. The summed E-state index contributed by atoms with van der Waals surface area (Å²) in [5.74, 6) is 2.71. The molecule has 1 amide bonds. The largest absolute Gasteiger partial charge is 0.493 e. The van der Waals surface area contributed by atoms with E-state index in [1.165, 1.54) is 43.4 Å². The highest BCUT2D eigenvalue weighted by atomic mass is 16.5. The first-order valence-corrected chi connectivity index (χ1v) is 10.1. The zero-order chi connectivity index (χ0) is 19.2. The molecule has 0 bridgehead atoms. The normalized spacial score (nSPS) is 24.6. The Bertz CT molecular complexity index is 622. The van der Waals surface area contributed by atoms with E-state index in [9.17, 15) is 4.79 Å². The number of benzene rings is 1. The Morgan fingerprint density at radius 2 is 1.70 bits per heavy atom. The molecule has 0 radical (unpaired) electrons. The molecule has 0 aromatic heterocycles. The molecule has 3 atom stereocenters. The Balaban J connectivity index is 1.59. The van der Waals surface area contributed by atoms with Gasteiger partial charge in [-0.1, -0.05) is 6.42 Å². The van der Waals surface area contributed by atoms with Crippen LogP contribution in [-0.2, 0) is 11.3 Å². The fraction of sp³-hybridized carbons (Fsp3) is 0.667. The number of quaternary nitrogens is 1. The van der Waals surface area contributed by atoms with Crippen molar-refractivity contribution in [3.8, 4) is 17.2 Å². The van der Waals surface area contributed by atoms with Gasteiger partial charge in [-0.2, -0.15) is 0 Å². The first-order chi connectivity index (χ1) is 13.2. The number of piperidine rings is 1. The molecule has 1 saturated heterocycles. The lowest BCUT2D eigenvalue weighted by molar-refractivity contribution is -0.928. The van der Waals surface area contributed by atoms with Gasteiger partial charge in [-0.3, -0.25) is 4.79 Å². The van der Waals surface area contributed by atoms with Crippen molar-refractivity contribution in [2.24, 2.45) is 5.92 Å². The van der Waals surface area contributed by atoms with Gasteiger partial charge in [0, 0.05) is 12.5 Å². The van der Waals surface area contributed by atoms with Crippen LogP contribution in [0.3, 0.4) is 0 Å². The average molecular weight is 378 g/mol. The van der Waals surface area contributed by atoms with Crippen molar-refractivity contribution in [3.05, 3.63) is 17.7 Å². The number of methoxy groups -OCH3 is 3. The molecule has 1 aliphatic heterocycles. The van der Waals surface area contributed by atoms with Crippen LogP contribution in [0.5, 0.6) is 17.2 Å². The minimum Gasteiger partial charge on any atom is -0.493 e. The van der Waals surface area contributed by atoms with Crippen LogP contribution in [0, 0.1) is 5.92 Å². The van der Waals surface area contributed by atoms with Crippen molar-refractivity contribution in [3.63, 3.8) is 0 Å². The highest BCUT2D eigenvalue weighted by Gasteiger charge is 2.37. The van der Waals surface area contributed by atoms with E-state index in [-0.39, 0.29) is 5.91 Å². The summed E-state index contributed by atoms with van der Waals surface area (Å²) in [5, 5.41) is 3.07. The Labute approximate surface area is 162 Å². The Hall–Kier alpha value is -1.95. The van der Waals surface area contributed by atoms with Crippen LogP contribution in [0.1, 0.15) is 44.1 Å². The first-order valence-electron chi connectivity index (χ1n) is 10.1. The molecule has 0 spiro atoms. The predicted octanol–water partition coefficient (Wildman–Crippen LogP) is 1.57. The maximum Gasteiger partial charge on any atom is 0.275 e. The van der Waals surface area contributed by atoms with Gasteiger partial charge in [0.15, 0.2) is 18.0 Å². The monoisotopic (exact) mass is 377 g/mol. The van der Waals surface area contributed by atoms with Gasteiger partial charge in [-0.25, -0.2) is 0 Å². The molecule has 1 saturated carbocycles. The van der Waals surface area contributed by atoms with Crippen LogP contribution in [0.2, 0.25) is 0 Å². The number of likely N-dealkylation sites (tertiary alicyclic amines) is 1. The van der Waals surface area contributed by atoms with Crippen molar-refractivity contribution in [2.45, 2.75) is 51.1 Å². The van der Waals surface area contributed by atoms with Gasteiger partial charge in [0.05, 0.1) is 33.9 Å². The third kappa shape index (κ3) is 4.67.